The van der Waals surface area contributed by atoms with Crippen LogP contribution in [0, 0.1) is 5.82 Å². The van der Waals surface area contributed by atoms with Gasteiger partial charge in [0.15, 0.2) is 0 Å². The van der Waals surface area contributed by atoms with Crippen LogP contribution in [0.1, 0.15) is 31.9 Å². The number of halogens is 1. The Kier molecular flexibility index (Phi) is 8.77. The second-order valence-corrected chi connectivity index (χ2v) is 9.62. The quantitative estimate of drug-likeness (QED) is 0.401. The van der Waals surface area contributed by atoms with Gasteiger partial charge < -0.3 is 24.6 Å². The molecule has 2 atom stereocenters. The Bertz CT molecular complexity index is 1190. The van der Waals surface area contributed by atoms with Crippen LogP contribution in [0.4, 0.5) is 20.6 Å². The number of piperazine rings is 1. The van der Waals surface area contributed by atoms with Crippen molar-refractivity contribution in [1.29, 1.82) is 0 Å². The number of nitrogens with one attached hydrogen (secondary N) is 1. The first-order chi connectivity index (χ1) is 18.3. The monoisotopic (exact) mass is 542 g/mol. The minimum Gasteiger partial charge on any atom is -0.447 e. The molecule has 2 aromatic carbocycles. The largest absolute Gasteiger partial charge is 0.447 e. The Morgan fingerprint density at radius 3 is 2.50 bits per heavy atom. The lowest BCUT2D eigenvalue weighted by molar-refractivity contribution is -0.159. The van der Waals surface area contributed by atoms with Crippen LogP contribution in [-0.4, -0.2) is 73.2 Å². The predicted molar refractivity (Wildman–Crippen MR) is 145 cm³/mol. The summed E-state index contributed by atoms with van der Waals surface area (Å²) in [4.78, 5) is 42.8. The van der Waals surface area contributed by atoms with Crippen molar-refractivity contribution in [2.45, 2.75) is 32.5 Å². The number of carbonyl (C=O) groups is 3. The molecule has 202 valence electrons. The van der Waals surface area contributed by atoms with Crippen molar-refractivity contribution in [3.63, 3.8) is 0 Å². The number of rotatable bonds is 8. The van der Waals surface area contributed by atoms with Gasteiger partial charge in [-0.15, -0.1) is 0 Å². The van der Waals surface area contributed by atoms with Gasteiger partial charge in [0, 0.05) is 38.7 Å². The Hall–Kier alpha value is -3.73. The normalized spacial score (nSPS) is 18.1. The standard InChI is InChI=1S/C27H31FN4O5S/c1-3-24(38)29-16-21-17-32(27(35)37-21)20-9-10-23(22(28)15-20)30-11-13-31(14-12-30)26(34)25(36-18(2)33)19-7-5-4-6-8-19/h4-10,15,21,25H,3,11-14,16-17H2,1-2H3,(H,29,38)/t21-,25-/m0/s1. The predicted octanol–water partition coefficient (Wildman–Crippen LogP) is 3.43. The number of thiocarbonyl (C=S) groups is 1. The Morgan fingerprint density at radius 1 is 1.16 bits per heavy atom. The lowest BCUT2D eigenvalue weighted by Crippen LogP contribution is -2.50. The van der Waals surface area contributed by atoms with E-state index in [2.05, 4.69) is 5.32 Å². The number of benzene rings is 2. The first-order valence-corrected chi connectivity index (χ1v) is 13.0. The summed E-state index contributed by atoms with van der Waals surface area (Å²) in [6.07, 6.45) is -1.23. The number of hydrogen-bond acceptors (Lipinski definition) is 7. The van der Waals surface area contributed by atoms with Crippen molar-refractivity contribution >= 4 is 46.6 Å². The van der Waals surface area contributed by atoms with Gasteiger partial charge in [-0.3, -0.25) is 14.5 Å². The molecule has 0 unspecified atom stereocenters. The van der Waals surface area contributed by atoms with Gasteiger partial charge in [-0.25, -0.2) is 9.18 Å². The average Bonchev–Trinajstić information content (AvgIpc) is 3.30. The minimum atomic E-state index is -1.02. The molecule has 2 aliphatic rings. The fraction of sp³-hybridized carbons (Fsp3) is 0.407. The van der Waals surface area contributed by atoms with E-state index in [9.17, 15) is 14.4 Å². The molecular formula is C27H31FN4O5S. The zero-order chi connectivity index (χ0) is 27.2. The highest BCUT2D eigenvalue weighted by molar-refractivity contribution is 7.80. The van der Waals surface area contributed by atoms with Crippen LogP contribution in [0.15, 0.2) is 48.5 Å². The number of amides is 2. The minimum absolute atomic E-state index is 0.294. The van der Waals surface area contributed by atoms with Crippen molar-refractivity contribution in [1.82, 2.24) is 10.2 Å². The van der Waals surface area contributed by atoms with Gasteiger partial charge in [-0.2, -0.15) is 0 Å². The highest BCUT2D eigenvalue weighted by Gasteiger charge is 2.34. The van der Waals surface area contributed by atoms with E-state index in [1.807, 2.05) is 17.9 Å². The smallest absolute Gasteiger partial charge is 0.414 e. The molecule has 2 fully saturated rings. The van der Waals surface area contributed by atoms with E-state index in [0.29, 0.717) is 67.6 Å². The summed E-state index contributed by atoms with van der Waals surface area (Å²) in [6.45, 7) is 5.41. The number of carbonyl (C=O) groups excluding carboxylic acids is 3. The molecule has 2 amide bonds. The number of esters is 1. The summed E-state index contributed by atoms with van der Waals surface area (Å²) >= 11 is 5.15. The van der Waals surface area contributed by atoms with Gasteiger partial charge in [0.05, 0.1) is 29.5 Å². The van der Waals surface area contributed by atoms with Crippen molar-refractivity contribution < 1.29 is 28.2 Å². The third kappa shape index (κ3) is 6.39. The van der Waals surface area contributed by atoms with E-state index in [-0.39, 0.29) is 12.0 Å². The zero-order valence-corrected chi connectivity index (χ0v) is 22.2. The third-order valence-corrected chi connectivity index (χ3v) is 6.94. The van der Waals surface area contributed by atoms with Crippen LogP contribution in [0.3, 0.4) is 0 Å². The van der Waals surface area contributed by atoms with Crippen molar-refractivity contribution in [2.24, 2.45) is 0 Å². The fourth-order valence-corrected chi connectivity index (χ4v) is 4.58. The second-order valence-electron chi connectivity index (χ2n) is 9.12. The molecule has 0 aromatic heterocycles. The summed E-state index contributed by atoms with van der Waals surface area (Å²) in [5.41, 5.74) is 1.40. The van der Waals surface area contributed by atoms with Crippen molar-refractivity contribution in [2.75, 3.05) is 49.1 Å². The van der Waals surface area contributed by atoms with Crippen LogP contribution < -0.4 is 15.1 Å². The summed E-state index contributed by atoms with van der Waals surface area (Å²) in [6, 6.07) is 13.5. The summed E-state index contributed by atoms with van der Waals surface area (Å²) < 4.78 is 25.9. The molecule has 0 saturated carbocycles. The topological polar surface area (TPSA) is 91.4 Å². The number of cyclic esters (lactones) is 1. The molecule has 2 saturated heterocycles. The average molecular weight is 543 g/mol. The maximum atomic E-state index is 15.2. The molecular weight excluding hydrogens is 511 g/mol. The van der Waals surface area contributed by atoms with Gasteiger partial charge in [0.1, 0.15) is 11.9 Å². The van der Waals surface area contributed by atoms with Gasteiger partial charge in [-0.1, -0.05) is 49.5 Å². The fourth-order valence-electron chi connectivity index (χ4n) is 4.50. The Labute approximate surface area is 226 Å². The van der Waals surface area contributed by atoms with Crippen molar-refractivity contribution in [3.8, 4) is 0 Å². The molecule has 4 rings (SSSR count). The van der Waals surface area contributed by atoms with Gasteiger partial charge in [-0.05, 0) is 24.6 Å². The Morgan fingerprint density at radius 2 is 1.87 bits per heavy atom. The number of ether oxygens (including phenoxy) is 2. The van der Waals surface area contributed by atoms with E-state index < -0.39 is 24.0 Å². The Balaban J connectivity index is 1.37. The van der Waals surface area contributed by atoms with Crippen LogP contribution in [-0.2, 0) is 19.1 Å². The van der Waals surface area contributed by atoms with E-state index in [1.165, 1.54) is 17.9 Å². The van der Waals surface area contributed by atoms with E-state index in [0.717, 1.165) is 0 Å². The summed E-state index contributed by atoms with van der Waals surface area (Å²) in [5.74, 6) is -1.31. The molecule has 0 bridgehead atoms. The number of nitrogens with zero attached hydrogens (tertiary/aromatic N) is 3. The zero-order valence-electron chi connectivity index (χ0n) is 21.4. The van der Waals surface area contributed by atoms with Crippen LogP contribution >= 0.6 is 12.2 Å². The lowest BCUT2D eigenvalue weighted by atomic mass is 10.1. The van der Waals surface area contributed by atoms with Gasteiger partial charge in [0.2, 0.25) is 6.10 Å². The van der Waals surface area contributed by atoms with E-state index in [1.54, 1.807) is 41.3 Å². The van der Waals surface area contributed by atoms with Crippen LogP contribution in [0.5, 0.6) is 0 Å². The first kappa shape index (κ1) is 27.3. The third-order valence-electron chi connectivity index (χ3n) is 6.51. The molecule has 2 aliphatic heterocycles. The van der Waals surface area contributed by atoms with Gasteiger partial charge in [0.25, 0.3) is 5.91 Å². The van der Waals surface area contributed by atoms with Crippen molar-refractivity contribution in [3.05, 3.63) is 59.9 Å². The van der Waals surface area contributed by atoms with Crippen LogP contribution in [0.2, 0.25) is 0 Å². The molecule has 9 nitrogen and oxygen atoms in total. The molecule has 38 heavy (non-hydrogen) atoms. The number of anilines is 2. The second kappa shape index (κ2) is 12.2. The maximum Gasteiger partial charge on any atom is 0.414 e. The highest BCUT2D eigenvalue weighted by Crippen LogP contribution is 2.29. The SMILES string of the molecule is CCC(=S)NC[C@H]1CN(c2ccc(N3CCN(C(=O)[C@@H](OC(C)=O)c4ccccc4)CC3)c(F)c2)C(=O)O1. The van der Waals surface area contributed by atoms with E-state index >= 15 is 4.39 Å². The molecule has 0 aliphatic carbocycles. The van der Waals surface area contributed by atoms with Crippen LogP contribution in [0.25, 0.3) is 0 Å². The van der Waals surface area contributed by atoms with E-state index in [4.69, 9.17) is 21.7 Å². The molecule has 1 N–H and O–H groups in total. The molecule has 11 heteroatoms. The maximum absolute atomic E-state index is 15.2. The molecule has 2 heterocycles. The molecule has 0 spiro atoms. The summed E-state index contributed by atoms with van der Waals surface area (Å²) in [5, 5.41) is 3.06. The highest BCUT2D eigenvalue weighted by atomic mass is 32.1. The molecule has 2 aromatic rings. The summed E-state index contributed by atoms with van der Waals surface area (Å²) in [7, 11) is 0. The number of hydrogen-bond donors (Lipinski definition) is 1. The molecule has 0 radical (unpaired) electrons. The first-order valence-electron chi connectivity index (χ1n) is 12.6. The lowest BCUT2D eigenvalue weighted by Gasteiger charge is -2.37. The van der Waals surface area contributed by atoms with Gasteiger partial charge >= 0.3 is 12.1 Å².